The fraction of sp³-hybridized carbons (Fsp3) is 0.400. The van der Waals surface area contributed by atoms with E-state index in [-0.39, 0.29) is 33.7 Å². The molecule has 0 spiro atoms. The number of hydrogen-bond donors (Lipinski definition) is 1. The first-order valence-corrected chi connectivity index (χ1v) is 10.0. The molecule has 0 saturated carbocycles. The highest BCUT2D eigenvalue weighted by molar-refractivity contribution is 6.33. The Labute approximate surface area is 181 Å². The summed E-state index contributed by atoms with van der Waals surface area (Å²) in [4.78, 5) is 18.2. The molecule has 2 heterocycles. The molecule has 1 aromatic heterocycles. The van der Waals surface area contributed by atoms with Gasteiger partial charge >= 0.3 is 6.18 Å². The van der Waals surface area contributed by atoms with Gasteiger partial charge < -0.3 is 10.2 Å². The molecule has 1 N–H and O–H groups in total. The molecule has 2 aromatic rings. The number of hydrogen-bond acceptors (Lipinski definition) is 3. The van der Waals surface area contributed by atoms with Crippen LogP contribution in [0.15, 0.2) is 30.5 Å². The van der Waals surface area contributed by atoms with E-state index in [0.717, 1.165) is 12.3 Å². The Hall–Kier alpha value is -2.06. The van der Waals surface area contributed by atoms with Crippen molar-refractivity contribution < 1.29 is 22.4 Å². The van der Waals surface area contributed by atoms with Gasteiger partial charge in [0.2, 0.25) is 5.91 Å². The number of carbonyl (C=O) groups excluding carboxylic acids is 1. The number of nitrogens with one attached hydrogen (secondary N) is 1. The number of alkyl halides is 3. The fourth-order valence-electron chi connectivity index (χ4n) is 3.37. The fourth-order valence-corrected chi connectivity index (χ4v) is 3.84. The molecule has 4 nitrogen and oxygen atoms in total. The molecule has 1 saturated heterocycles. The summed E-state index contributed by atoms with van der Waals surface area (Å²) in [5, 5.41) is 2.81. The molecule has 1 aliphatic rings. The number of halogens is 6. The van der Waals surface area contributed by atoms with Gasteiger partial charge in [-0.1, -0.05) is 29.3 Å². The van der Waals surface area contributed by atoms with Crippen LogP contribution in [0.5, 0.6) is 0 Å². The third kappa shape index (κ3) is 5.16. The molecule has 30 heavy (non-hydrogen) atoms. The van der Waals surface area contributed by atoms with E-state index < -0.39 is 17.6 Å². The van der Waals surface area contributed by atoms with Crippen molar-refractivity contribution in [2.45, 2.75) is 32.0 Å². The molecule has 3 rings (SSSR count). The van der Waals surface area contributed by atoms with E-state index in [4.69, 9.17) is 23.2 Å². The van der Waals surface area contributed by atoms with Crippen molar-refractivity contribution in [3.8, 4) is 0 Å². The van der Waals surface area contributed by atoms with Gasteiger partial charge in [-0.05, 0) is 43.5 Å². The lowest BCUT2D eigenvalue weighted by atomic mass is 9.95. The standard InChI is InChI=1S/C20H19Cl2F4N3O/c1-11(13-2-3-17(23)15(21)8-13)28-19(30)12-4-6-29(7-5-12)18-16(22)9-14(10-27-18)20(24,25)26/h2-3,8-12H,4-7H2,1H3,(H,28,30). The van der Waals surface area contributed by atoms with Gasteiger partial charge in [-0.3, -0.25) is 4.79 Å². The van der Waals surface area contributed by atoms with Crippen LogP contribution < -0.4 is 10.2 Å². The number of carbonyl (C=O) groups is 1. The normalized spacial score (nSPS) is 16.4. The molecular weight excluding hydrogens is 445 g/mol. The number of piperidine rings is 1. The molecule has 10 heteroatoms. The van der Waals surface area contributed by atoms with Gasteiger partial charge in [0.25, 0.3) is 0 Å². The maximum Gasteiger partial charge on any atom is 0.417 e. The summed E-state index contributed by atoms with van der Waals surface area (Å²) in [6.07, 6.45) is -2.75. The summed E-state index contributed by atoms with van der Waals surface area (Å²) < 4.78 is 51.6. The Balaban J connectivity index is 1.58. The Morgan fingerprint density at radius 3 is 2.43 bits per heavy atom. The smallest absolute Gasteiger partial charge is 0.355 e. The van der Waals surface area contributed by atoms with E-state index in [1.165, 1.54) is 12.1 Å². The number of aromatic nitrogens is 1. The van der Waals surface area contributed by atoms with Gasteiger partial charge in [-0.2, -0.15) is 13.2 Å². The molecule has 1 atom stereocenters. The van der Waals surface area contributed by atoms with Gasteiger partial charge in [0.15, 0.2) is 0 Å². The number of pyridine rings is 1. The molecule has 1 aliphatic heterocycles. The van der Waals surface area contributed by atoms with Crippen LogP contribution in [0.3, 0.4) is 0 Å². The zero-order valence-electron chi connectivity index (χ0n) is 15.9. The molecule has 1 unspecified atom stereocenters. The van der Waals surface area contributed by atoms with Crippen LogP contribution in [0.25, 0.3) is 0 Å². The molecule has 0 radical (unpaired) electrons. The minimum Gasteiger partial charge on any atom is -0.355 e. The average Bonchev–Trinajstić information content (AvgIpc) is 2.69. The van der Waals surface area contributed by atoms with Crippen LogP contribution >= 0.6 is 23.2 Å². The van der Waals surface area contributed by atoms with Crippen molar-refractivity contribution in [3.63, 3.8) is 0 Å². The van der Waals surface area contributed by atoms with Crippen LogP contribution in [0, 0.1) is 11.7 Å². The molecule has 1 amide bonds. The summed E-state index contributed by atoms with van der Waals surface area (Å²) in [5.74, 6) is -0.651. The number of benzene rings is 1. The largest absolute Gasteiger partial charge is 0.417 e. The third-order valence-electron chi connectivity index (χ3n) is 5.12. The van der Waals surface area contributed by atoms with Gasteiger partial charge in [0.1, 0.15) is 11.6 Å². The molecule has 0 aliphatic carbocycles. The monoisotopic (exact) mass is 463 g/mol. The van der Waals surface area contributed by atoms with E-state index in [9.17, 15) is 22.4 Å². The Bertz CT molecular complexity index is 931. The summed E-state index contributed by atoms with van der Waals surface area (Å²) in [6.45, 7) is 2.66. The first kappa shape index (κ1) is 22.6. The van der Waals surface area contributed by atoms with E-state index in [1.807, 2.05) is 0 Å². The quantitative estimate of drug-likeness (QED) is 0.596. The van der Waals surface area contributed by atoms with E-state index in [2.05, 4.69) is 10.3 Å². The second-order valence-electron chi connectivity index (χ2n) is 7.19. The Morgan fingerprint density at radius 1 is 1.20 bits per heavy atom. The van der Waals surface area contributed by atoms with Crippen molar-refractivity contribution in [1.29, 1.82) is 0 Å². The number of amides is 1. The Morgan fingerprint density at radius 2 is 1.87 bits per heavy atom. The minimum atomic E-state index is -4.51. The second kappa shape index (κ2) is 8.98. The van der Waals surface area contributed by atoms with Crippen molar-refractivity contribution in [2.24, 2.45) is 5.92 Å². The van der Waals surface area contributed by atoms with E-state index in [1.54, 1.807) is 17.9 Å². The summed E-state index contributed by atoms with van der Waals surface area (Å²) in [7, 11) is 0. The number of rotatable bonds is 4. The average molecular weight is 464 g/mol. The number of nitrogens with zero attached hydrogens (tertiary/aromatic N) is 2. The highest BCUT2D eigenvalue weighted by Gasteiger charge is 2.33. The zero-order valence-corrected chi connectivity index (χ0v) is 17.5. The highest BCUT2D eigenvalue weighted by Crippen LogP contribution is 2.34. The van der Waals surface area contributed by atoms with Crippen molar-refractivity contribution in [2.75, 3.05) is 18.0 Å². The lowest BCUT2D eigenvalue weighted by Crippen LogP contribution is -2.41. The van der Waals surface area contributed by atoms with Gasteiger partial charge in [-0.15, -0.1) is 0 Å². The zero-order chi connectivity index (χ0) is 22.1. The molecule has 1 aromatic carbocycles. The van der Waals surface area contributed by atoms with Crippen LogP contribution in [-0.4, -0.2) is 24.0 Å². The van der Waals surface area contributed by atoms with Crippen molar-refractivity contribution in [3.05, 3.63) is 57.5 Å². The summed E-state index contributed by atoms with van der Waals surface area (Å²) in [5.41, 5.74) is -0.215. The molecule has 162 valence electrons. The van der Waals surface area contributed by atoms with Gasteiger partial charge in [-0.25, -0.2) is 9.37 Å². The van der Waals surface area contributed by atoms with Crippen molar-refractivity contribution in [1.82, 2.24) is 10.3 Å². The van der Waals surface area contributed by atoms with E-state index in [0.29, 0.717) is 31.5 Å². The van der Waals surface area contributed by atoms with Crippen LogP contribution in [-0.2, 0) is 11.0 Å². The maximum absolute atomic E-state index is 13.3. The van der Waals surface area contributed by atoms with Crippen LogP contribution in [0.2, 0.25) is 10.0 Å². The summed E-state index contributed by atoms with van der Waals surface area (Å²) >= 11 is 11.8. The van der Waals surface area contributed by atoms with Crippen molar-refractivity contribution >= 4 is 34.9 Å². The molecule has 0 bridgehead atoms. The van der Waals surface area contributed by atoms with Gasteiger partial charge in [0.05, 0.1) is 21.7 Å². The first-order chi connectivity index (χ1) is 14.1. The van der Waals surface area contributed by atoms with Crippen LogP contribution in [0.1, 0.15) is 36.9 Å². The van der Waals surface area contributed by atoms with Crippen LogP contribution in [0.4, 0.5) is 23.4 Å². The third-order valence-corrected chi connectivity index (χ3v) is 5.68. The number of anilines is 1. The SMILES string of the molecule is CC(NC(=O)C1CCN(c2ncc(C(F)(F)F)cc2Cl)CC1)c1ccc(F)c(Cl)c1. The lowest BCUT2D eigenvalue weighted by Gasteiger charge is -2.33. The topological polar surface area (TPSA) is 45.2 Å². The molecular formula is C20H19Cl2F4N3O. The summed E-state index contributed by atoms with van der Waals surface area (Å²) in [6, 6.07) is 4.80. The predicted octanol–water partition coefficient (Wildman–Crippen LogP) is 5.64. The molecule has 1 fully saturated rings. The highest BCUT2D eigenvalue weighted by atomic mass is 35.5. The second-order valence-corrected chi connectivity index (χ2v) is 8.01. The van der Waals surface area contributed by atoms with Gasteiger partial charge in [0, 0.05) is 25.2 Å². The van der Waals surface area contributed by atoms with E-state index >= 15 is 0 Å². The minimum absolute atomic E-state index is 0.0113. The lowest BCUT2D eigenvalue weighted by molar-refractivity contribution is -0.137. The predicted molar refractivity (Wildman–Crippen MR) is 107 cm³/mol. The maximum atomic E-state index is 13.3. The Kier molecular flexibility index (Phi) is 6.77. The first-order valence-electron chi connectivity index (χ1n) is 9.29.